The van der Waals surface area contributed by atoms with Gasteiger partial charge in [0.15, 0.2) is 0 Å². The zero-order chi connectivity index (χ0) is 20.2. The standard InChI is InChI=1S/C19H34O7/c1-18(2,3)11-7-9-13-23-15(20)25-17(22)26-16(21)24-14-10-8-12-19(4,5)6/h7-14H2,1-6H3. The van der Waals surface area contributed by atoms with E-state index in [4.69, 9.17) is 9.47 Å². The van der Waals surface area contributed by atoms with Gasteiger partial charge in [-0.25, -0.2) is 14.4 Å². The third-order valence-corrected chi connectivity index (χ3v) is 3.42. The van der Waals surface area contributed by atoms with Gasteiger partial charge >= 0.3 is 18.5 Å². The molecule has 0 aliphatic carbocycles. The third-order valence-electron chi connectivity index (χ3n) is 3.42. The van der Waals surface area contributed by atoms with Gasteiger partial charge in [-0.2, -0.15) is 0 Å². The molecule has 0 spiro atoms. The van der Waals surface area contributed by atoms with Gasteiger partial charge in [0.2, 0.25) is 0 Å². The molecule has 7 heteroatoms. The molecule has 0 heterocycles. The summed E-state index contributed by atoms with van der Waals surface area (Å²) < 4.78 is 17.9. The monoisotopic (exact) mass is 374 g/mol. The first-order valence-corrected chi connectivity index (χ1v) is 9.12. The second-order valence-corrected chi connectivity index (χ2v) is 8.69. The van der Waals surface area contributed by atoms with Gasteiger partial charge in [0, 0.05) is 0 Å². The summed E-state index contributed by atoms with van der Waals surface area (Å²) in [4.78, 5) is 33.8. The molecule has 0 amide bonds. The van der Waals surface area contributed by atoms with E-state index in [-0.39, 0.29) is 24.0 Å². The quantitative estimate of drug-likeness (QED) is 0.299. The summed E-state index contributed by atoms with van der Waals surface area (Å²) >= 11 is 0. The van der Waals surface area contributed by atoms with Crippen molar-refractivity contribution in [2.45, 2.75) is 80.1 Å². The molecule has 0 aromatic rings. The predicted octanol–water partition coefficient (Wildman–Crippen LogP) is 5.85. The van der Waals surface area contributed by atoms with Crippen molar-refractivity contribution in [3.8, 4) is 0 Å². The molecular formula is C19H34O7. The maximum Gasteiger partial charge on any atom is 0.528 e. The van der Waals surface area contributed by atoms with Crippen LogP contribution >= 0.6 is 0 Å². The summed E-state index contributed by atoms with van der Waals surface area (Å²) in [5, 5.41) is 0. The van der Waals surface area contributed by atoms with E-state index in [1.54, 1.807) is 0 Å². The van der Waals surface area contributed by atoms with Gasteiger partial charge in [0.05, 0.1) is 13.2 Å². The van der Waals surface area contributed by atoms with Gasteiger partial charge in [0.1, 0.15) is 0 Å². The van der Waals surface area contributed by atoms with Crippen LogP contribution in [-0.2, 0) is 18.9 Å². The van der Waals surface area contributed by atoms with E-state index >= 15 is 0 Å². The average Bonchev–Trinajstić information content (AvgIpc) is 2.43. The Labute approximate surface area is 156 Å². The highest BCUT2D eigenvalue weighted by molar-refractivity contribution is 5.83. The molecule has 0 aromatic carbocycles. The Kier molecular flexibility index (Phi) is 10.9. The Balaban J connectivity index is 3.73. The van der Waals surface area contributed by atoms with Crippen LogP contribution in [0.3, 0.4) is 0 Å². The van der Waals surface area contributed by atoms with E-state index in [0.717, 1.165) is 25.7 Å². The minimum Gasteiger partial charge on any atom is -0.434 e. The summed E-state index contributed by atoms with van der Waals surface area (Å²) in [6.07, 6.45) is 1.27. The van der Waals surface area contributed by atoms with Crippen LogP contribution in [0.1, 0.15) is 80.1 Å². The fourth-order valence-corrected chi connectivity index (χ4v) is 2.04. The van der Waals surface area contributed by atoms with Gasteiger partial charge in [0.25, 0.3) is 0 Å². The lowest BCUT2D eigenvalue weighted by molar-refractivity contribution is 0.0274. The van der Waals surface area contributed by atoms with Gasteiger partial charge in [-0.3, -0.25) is 0 Å². The van der Waals surface area contributed by atoms with Gasteiger partial charge in [-0.15, -0.1) is 0 Å². The minimum absolute atomic E-state index is 0.139. The van der Waals surface area contributed by atoms with Gasteiger partial charge in [-0.1, -0.05) is 41.5 Å². The van der Waals surface area contributed by atoms with Crippen LogP contribution in [0.25, 0.3) is 0 Å². The largest absolute Gasteiger partial charge is 0.528 e. The molecule has 26 heavy (non-hydrogen) atoms. The van der Waals surface area contributed by atoms with Crippen molar-refractivity contribution >= 4 is 18.5 Å². The highest BCUT2D eigenvalue weighted by atomic mass is 16.9. The van der Waals surface area contributed by atoms with E-state index in [9.17, 15) is 14.4 Å². The number of ether oxygens (including phenoxy) is 4. The lowest BCUT2D eigenvalue weighted by atomic mass is 9.90. The van der Waals surface area contributed by atoms with Gasteiger partial charge < -0.3 is 18.9 Å². The smallest absolute Gasteiger partial charge is 0.434 e. The maximum atomic E-state index is 11.3. The molecule has 0 radical (unpaired) electrons. The van der Waals surface area contributed by atoms with E-state index in [1.807, 2.05) is 0 Å². The van der Waals surface area contributed by atoms with Crippen LogP contribution in [0.2, 0.25) is 0 Å². The molecule has 0 bridgehead atoms. The zero-order valence-corrected chi connectivity index (χ0v) is 17.0. The summed E-state index contributed by atoms with van der Waals surface area (Å²) in [7, 11) is 0. The highest BCUT2D eigenvalue weighted by Gasteiger charge is 2.18. The van der Waals surface area contributed by atoms with Gasteiger partial charge in [-0.05, 0) is 49.4 Å². The molecule has 0 fully saturated rings. The number of unbranched alkanes of at least 4 members (excludes halogenated alkanes) is 2. The Hall–Kier alpha value is -1.79. The molecule has 7 nitrogen and oxygen atoms in total. The Morgan fingerprint density at radius 3 is 1.23 bits per heavy atom. The Morgan fingerprint density at radius 2 is 0.923 bits per heavy atom. The van der Waals surface area contributed by atoms with E-state index < -0.39 is 18.5 Å². The molecule has 0 aromatic heterocycles. The summed E-state index contributed by atoms with van der Waals surface area (Å²) in [6, 6.07) is 0. The number of rotatable bonds is 8. The normalized spacial score (nSPS) is 11.6. The summed E-state index contributed by atoms with van der Waals surface area (Å²) in [5.41, 5.74) is 0.439. The average molecular weight is 374 g/mol. The topological polar surface area (TPSA) is 88.1 Å². The van der Waals surface area contributed by atoms with Crippen molar-refractivity contribution in [2.24, 2.45) is 10.8 Å². The van der Waals surface area contributed by atoms with Crippen LogP contribution in [0.15, 0.2) is 0 Å². The molecule has 0 saturated heterocycles. The second kappa shape index (κ2) is 11.8. The third kappa shape index (κ3) is 17.0. The predicted molar refractivity (Wildman–Crippen MR) is 96.9 cm³/mol. The molecule has 0 N–H and O–H groups in total. The lowest BCUT2D eigenvalue weighted by Crippen LogP contribution is -2.20. The van der Waals surface area contributed by atoms with Crippen molar-refractivity contribution in [2.75, 3.05) is 13.2 Å². The number of hydrogen-bond donors (Lipinski definition) is 0. The van der Waals surface area contributed by atoms with Crippen LogP contribution in [0, 0.1) is 10.8 Å². The Morgan fingerprint density at radius 1 is 0.577 bits per heavy atom. The van der Waals surface area contributed by atoms with Crippen LogP contribution in [0.4, 0.5) is 14.4 Å². The number of hydrogen-bond acceptors (Lipinski definition) is 7. The van der Waals surface area contributed by atoms with Crippen LogP contribution < -0.4 is 0 Å². The fourth-order valence-electron chi connectivity index (χ4n) is 2.04. The number of carbonyl (C=O) groups is 3. The maximum absolute atomic E-state index is 11.3. The van der Waals surface area contributed by atoms with Crippen molar-refractivity contribution < 1.29 is 33.3 Å². The Bertz CT molecular complexity index is 404. The van der Waals surface area contributed by atoms with Crippen molar-refractivity contribution in [3.05, 3.63) is 0 Å². The molecule has 0 unspecified atom stereocenters. The van der Waals surface area contributed by atoms with E-state index in [2.05, 4.69) is 51.0 Å². The summed E-state index contributed by atoms with van der Waals surface area (Å²) in [5.74, 6) is 0. The van der Waals surface area contributed by atoms with Crippen molar-refractivity contribution in [1.82, 2.24) is 0 Å². The molecular weight excluding hydrogens is 340 g/mol. The first-order chi connectivity index (χ1) is 11.9. The first kappa shape index (κ1) is 24.2. The molecule has 0 aliphatic rings. The van der Waals surface area contributed by atoms with Crippen molar-refractivity contribution in [1.29, 1.82) is 0 Å². The second-order valence-electron chi connectivity index (χ2n) is 8.69. The number of carbonyl (C=O) groups excluding carboxylic acids is 3. The van der Waals surface area contributed by atoms with E-state index in [0.29, 0.717) is 12.8 Å². The summed E-state index contributed by atoms with van der Waals surface area (Å²) in [6.45, 7) is 13.0. The molecule has 0 saturated carbocycles. The molecule has 0 atom stereocenters. The molecule has 0 aliphatic heterocycles. The van der Waals surface area contributed by atoms with Crippen molar-refractivity contribution in [3.63, 3.8) is 0 Å². The van der Waals surface area contributed by atoms with E-state index in [1.165, 1.54) is 0 Å². The fraction of sp³-hybridized carbons (Fsp3) is 0.842. The molecule has 0 rings (SSSR count). The van der Waals surface area contributed by atoms with Crippen LogP contribution in [-0.4, -0.2) is 31.7 Å². The zero-order valence-electron chi connectivity index (χ0n) is 17.0. The minimum atomic E-state index is -1.45. The first-order valence-electron chi connectivity index (χ1n) is 9.12. The molecule has 152 valence electrons. The highest BCUT2D eigenvalue weighted by Crippen LogP contribution is 2.22. The SMILES string of the molecule is CC(C)(C)CCCCOC(=O)OC(=O)OC(=O)OCCCCC(C)(C)C. The lowest BCUT2D eigenvalue weighted by Gasteiger charge is -2.17. The van der Waals surface area contributed by atoms with Crippen LogP contribution in [0.5, 0.6) is 0 Å².